The van der Waals surface area contributed by atoms with Crippen LogP contribution >= 0.6 is 0 Å². The highest BCUT2D eigenvalue weighted by atomic mass is 14.4. The highest BCUT2D eigenvalue weighted by Gasteiger charge is 2.34. The van der Waals surface area contributed by atoms with Gasteiger partial charge >= 0.3 is 0 Å². The molecule has 1 heteroatoms. The first kappa shape index (κ1) is 12.6. The van der Waals surface area contributed by atoms with Gasteiger partial charge in [0.15, 0.2) is 0 Å². The van der Waals surface area contributed by atoms with E-state index in [4.69, 9.17) is 0 Å². The van der Waals surface area contributed by atoms with Crippen molar-refractivity contribution < 1.29 is 0 Å². The third-order valence-electron chi connectivity index (χ3n) is 4.01. The summed E-state index contributed by atoms with van der Waals surface area (Å²) in [5.74, 6) is 0.915. The minimum absolute atomic E-state index is 0.0558. The van der Waals surface area contributed by atoms with E-state index in [-0.39, 0.29) is 5.41 Å². The van der Waals surface area contributed by atoms with Crippen LogP contribution in [0.5, 0.6) is 0 Å². The number of hydrogen-bond donors (Lipinski definition) is 0. The molecule has 1 aliphatic rings. The molecule has 1 nitrogen and oxygen atoms in total. The predicted octanol–water partition coefficient (Wildman–Crippen LogP) is 4.68. The molecule has 0 heterocycles. The molecular formula is C14H25N. The molecule has 0 aliphatic heterocycles. The highest BCUT2D eigenvalue weighted by Crippen LogP contribution is 2.43. The van der Waals surface area contributed by atoms with Crippen LogP contribution < -0.4 is 0 Å². The zero-order valence-electron chi connectivity index (χ0n) is 10.4. The Hall–Kier alpha value is -0.510. The summed E-state index contributed by atoms with van der Waals surface area (Å²) < 4.78 is 0. The molecule has 0 aromatic carbocycles. The van der Waals surface area contributed by atoms with Gasteiger partial charge < -0.3 is 0 Å². The van der Waals surface area contributed by atoms with Gasteiger partial charge in [0.25, 0.3) is 0 Å². The Labute approximate surface area is 94.9 Å². The van der Waals surface area contributed by atoms with Gasteiger partial charge in [-0.3, -0.25) is 0 Å². The molecule has 86 valence electrons. The Morgan fingerprint density at radius 2 is 1.87 bits per heavy atom. The molecule has 0 aromatic rings. The van der Waals surface area contributed by atoms with E-state index in [0.29, 0.717) is 0 Å². The molecule has 15 heavy (non-hydrogen) atoms. The highest BCUT2D eigenvalue weighted by molar-refractivity contribution is 5.01. The lowest BCUT2D eigenvalue weighted by Gasteiger charge is -2.35. The molecule has 0 amide bonds. The van der Waals surface area contributed by atoms with Crippen LogP contribution in [0.1, 0.15) is 71.6 Å². The third-order valence-corrected chi connectivity index (χ3v) is 4.01. The molecule has 0 radical (unpaired) electrons. The van der Waals surface area contributed by atoms with Gasteiger partial charge in [-0.15, -0.1) is 0 Å². The van der Waals surface area contributed by atoms with E-state index in [9.17, 15) is 5.26 Å². The van der Waals surface area contributed by atoms with Gasteiger partial charge in [0, 0.05) is 0 Å². The fraction of sp³-hybridized carbons (Fsp3) is 0.929. The molecule has 0 atom stereocenters. The first-order chi connectivity index (χ1) is 7.26. The van der Waals surface area contributed by atoms with E-state index in [0.717, 1.165) is 25.2 Å². The van der Waals surface area contributed by atoms with Gasteiger partial charge in [-0.05, 0) is 38.0 Å². The molecule has 1 aliphatic carbocycles. The average Bonchev–Trinajstić information content (AvgIpc) is 2.29. The molecule has 0 spiro atoms. The van der Waals surface area contributed by atoms with Crippen LogP contribution in [-0.2, 0) is 0 Å². The van der Waals surface area contributed by atoms with Crippen LogP contribution in [0.4, 0.5) is 0 Å². The Bertz CT molecular complexity index is 206. The van der Waals surface area contributed by atoms with Crippen molar-refractivity contribution in [3.8, 4) is 6.07 Å². The van der Waals surface area contributed by atoms with Crippen LogP contribution in [0.3, 0.4) is 0 Å². The van der Waals surface area contributed by atoms with Gasteiger partial charge in [-0.25, -0.2) is 0 Å². The first-order valence-electron chi connectivity index (χ1n) is 6.67. The summed E-state index contributed by atoms with van der Waals surface area (Å²) in [7, 11) is 0. The lowest BCUT2D eigenvalue weighted by molar-refractivity contribution is 0.186. The maximum atomic E-state index is 9.33. The topological polar surface area (TPSA) is 23.8 Å². The van der Waals surface area contributed by atoms with Crippen molar-refractivity contribution in [2.75, 3.05) is 0 Å². The molecule has 0 N–H and O–H groups in total. The van der Waals surface area contributed by atoms with Crippen LogP contribution in [0, 0.1) is 22.7 Å². The van der Waals surface area contributed by atoms with Crippen LogP contribution in [0.25, 0.3) is 0 Å². The fourth-order valence-electron chi connectivity index (χ4n) is 2.86. The summed E-state index contributed by atoms with van der Waals surface area (Å²) in [4.78, 5) is 0. The summed E-state index contributed by atoms with van der Waals surface area (Å²) in [5.41, 5.74) is 0.0558. The normalized spacial score (nSPS) is 31.1. The number of nitriles is 1. The van der Waals surface area contributed by atoms with E-state index < -0.39 is 0 Å². The Morgan fingerprint density at radius 3 is 2.33 bits per heavy atom. The number of nitrogens with zero attached hydrogens (tertiary/aromatic N) is 1. The van der Waals surface area contributed by atoms with E-state index >= 15 is 0 Å². The van der Waals surface area contributed by atoms with Crippen molar-refractivity contribution in [3.63, 3.8) is 0 Å². The zero-order valence-corrected chi connectivity index (χ0v) is 10.4. The maximum absolute atomic E-state index is 9.33. The van der Waals surface area contributed by atoms with Crippen molar-refractivity contribution in [1.29, 1.82) is 5.26 Å². The minimum Gasteiger partial charge on any atom is -0.198 e. The van der Waals surface area contributed by atoms with Gasteiger partial charge in [-0.2, -0.15) is 5.26 Å². The Balaban J connectivity index is 2.41. The van der Waals surface area contributed by atoms with Crippen molar-refractivity contribution in [2.45, 2.75) is 71.6 Å². The smallest absolute Gasteiger partial charge is 0.0689 e. The second-order valence-electron chi connectivity index (χ2n) is 5.23. The largest absolute Gasteiger partial charge is 0.198 e. The van der Waals surface area contributed by atoms with Gasteiger partial charge in [0.1, 0.15) is 0 Å². The fourth-order valence-corrected chi connectivity index (χ4v) is 2.86. The van der Waals surface area contributed by atoms with Gasteiger partial charge in [-0.1, -0.05) is 39.5 Å². The quantitative estimate of drug-likeness (QED) is 0.642. The minimum atomic E-state index is 0.0558. The molecular weight excluding hydrogens is 182 g/mol. The molecule has 0 unspecified atom stereocenters. The average molecular weight is 207 g/mol. The second kappa shape index (κ2) is 6.16. The Kier molecular flexibility index (Phi) is 5.15. The molecule has 0 saturated heterocycles. The zero-order chi connectivity index (χ0) is 11.1. The van der Waals surface area contributed by atoms with E-state index in [1.54, 1.807) is 0 Å². The number of hydrogen-bond acceptors (Lipinski definition) is 1. The summed E-state index contributed by atoms with van der Waals surface area (Å²) in [5, 5.41) is 9.33. The lowest BCUT2D eigenvalue weighted by Crippen LogP contribution is -2.26. The number of rotatable bonds is 5. The first-order valence-corrected chi connectivity index (χ1v) is 6.67. The molecule has 1 saturated carbocycles. The van der Waals surface area contributed by atoms with Crippen molar-refractivity contribution in [1.82, 2.24) is 0 Å². The van der Waals surface area contributed by atoms with Crippen LogP contribution in [0.15, 0.2) is 0 Å². The van der Waals surface area contributed by atoms with Crippen molar-refractivity contribution >= 4 is 0 Å². The van der Waals surface area contributed by atoms with E-state index in [2.05, 4.69) is 19.9 Å². The lowest BCUT2D eigenvalue weighted by atomic mass is 9.68. The van der Waals surface area contributed by atoms with Crippen molar-refractivity contribution in [3.05, 3.63) is 0 Å². The monoisotopic (exact) mass is 207 g/mol. The maximum Gasteiger partial charge on any atom is 0.0689 e. The standard InChI is InChI=1S/C14H25N/c1-3-5-9-14(12-15)10-7-13(6-4-2)8-11-14/h13H,3-11H2,1-2H3. The Morgan fingerprint density at radius 1 is 1.20 bits per heavy atom. The summed E-state index contributed by atoms with van der Waals surface area (Å²) in [6.07, 6.45) is 11.2. The summed E-state index contributed by atoms with van der Waals surface area (Å²) in [6, 6.07) is 2.61. The SMILES string of the molecule is CCCCC1(C#N)CCC(CCC)CC1. The predicted molar refractivity (Wildman–Crippen MR) is 64.4 cm³/mol. The summed E-state index contributed by atoms with van der Waals surface area (Å²) in [6.45, 7) is 4.48. The molecule has 0 aromatic heterocycles. The van der Waals surface area contributed by atoms with Crippen molar-refractivity contribution in [2.24, 2.45) is 11.3 Å². The van der Waals surface area contributed by atoms with E-state index in [1.807, 2.05) is 0 Å². The molecule has 1 fully saturated rings. The number of unbranched alkanes of at least 4 members (excludes halogenated alkanes) is 1. The summed E-state index contributed by atoms with van der Waals surface area (Å²) >= 11 is 0. The third kappa shape index (κ3) is 3.52. The van der Waals surface area contributed by atoms with Crippen LogP contribution in [-0.4, -0.2) is 0 Å². The van der Waals surface area contributed by atoms with Gasteiger partial charge in [0.05, 0.1) is 11.5 Å². The molecule has 1 rings (SSSR count). The van der Waals surface area contributed by atoms with E-state index in [1.165, 1.54) is 38.5 Å². The van der Waals surface area contributed by atoms with Gasteiger partial charge in [0.2, 0.25) is 0 Å². The van der Waals surface area contributed by atoms with Crippen LogP contribution in [0.2, 0.25) is 0 Å². The second-order valence-corrected chi connectivity index (χ2v) is 5.23. The molecule has 0 bridgehead atoms.